The average Bonchev–Trinajstić information content (AvgIpc) is 2.65. The monoisotopic (exact) mass is 474 g/mol. The topological polar surface area (TPSA) is 84.9 Å². The summed E-state index contributed by atoms with van der Waals surface area (Å²) in [5.74, 6) is 0.665. The molecule has 2 rings (SSSR count). The van der Waals surface area contributed by atoms with Crippen LogP contribution in [-0.4, -0.2) is 40.8 Å². The van der Waals surface area contributed by atoms with Gasteiger partial charge in [-0.2, -0.15) is 0 Å². The van der Waals surface area contributed by atoms with E-state index < -0.39 is 28.0 Å². The van der Waals surface area contributed by atoms with Crippen LogP contribution in [-0.2, 0) is 14.8 Å². The van der Waals surface area contributed by atoms with Gasteiger partial charge in [-0.25, -0.2) is 8.42 Å². The average molecular weight is 475 g/mol. The molecule has 10 heteroatoms. The number of carbonyl (C=O) groups excluding carboxylic acids is 1. The summed E-state index contributed by atoms with van der Waals surface area (Å²) in [6, 6.07) is 8.04. The first-order chi connectivity index (χ1) is 14.0. The Kier molecular flexibility index (Phi) is 7.85. The maximum atomic E-state index is 13.0. The molecule has 0 saturated carbocycles. The lowest BCUT2D eigenvalue weighted by molar-refractivity contribution is -0.122. The minimum Gasteiger partial charge on any atom is -0.497 e. The number of benzene rings is 2. The van der Waals surface area contributed by atoms with Gasteiger partial charge in [0, 0.05) is 15.6 Å². The van der Waals surface area contributed by atoms with Gasteiger partial charge in [-0.1, -0.05) is 23.2 Å². The molecule has 2 aromatic rings. The number of nitrogens with zero attached hydrogens (tertiary/aromatic N) is 1. The zero-order valence-electron chi connectivity index (χ0n) is 17.3. The number of nitrogens with one attached hydrogen (secondary N) is 1. The molecule has 0 radical (unpaired) electrons. The Morgan fingerprint density at radius 3 is 2.13 bits per heavy atom. The quantitative estimate of drug-likeness (QED) is 0.623. The van der Waals surface area contributed by atoms with Gasteiger partial charge in [-0.3, -0.25) is 9.10 Å². The number of anilines is 1. The highest BCUT2D eigenvalue weighted by molar-refractivity contribution is 7.92. The van der Waals surface area contributed by atoms with Gasteiger partial charge in [-0.15, -0.1) is 0 Å². The number of sulfonamides is 1. The number of ether oxygens (including phenoxy) is 2. The molecule has 0 unspecified atom stereocenters. The van der Waals surface area contributed by atoms with Gasteiger partial charge in [0.25, 0.3) is 0 Å². The van der Waals surface area contributed by atoms with Crippen LogP contribution >= 0.6 is 23.2 Å². The van der Waals surface area contributed by atoms with E-state index in [1.807, 2.05) is 0 Å². The third kappa shape index (κ3) is 5.71. The molecule has 0 aliphatic rings. The molecule has 2 aromatic carbocycles. The van der Waals surface area contributed by atoms with Crippen molar-refractivity contribution in [2.45, 2.75) is 25.9 Å². The normalized spacial score (nSPS) is 13.3. The van der Waals surface area contributed by atoms with Crippen LogP contribution in [0.5, 0.6) is 11.5 Å². The molecular weight excluding hydrogens is 451 g/mol. The van der Waals surface area contributed by atoms with Crippen LogP contribution in [0.4, 0.5) is 5.69 Å². The zero-order valence-corrected chi connectivity index (χ0v) is 19.6. The van der Waals surface area contributed by atoms with Gasteiger partial charge >= 0.3 is 0 Å². The van der Waals surface area contributed by atoms with Gasteiger partial charge in [-0.05, 0) is 50.2 Å². The van der Waals surface area contributed by atoms with E-state index in [2.05, 4.69) is 5.32 Å². The third-order valence-electron chi connectivity index (χ3n) is 4.45. The van der Waals surface area contributed by atoms with Crippen molar-refractivity contribution in [1.29, 1.82) is 0 Å². The molecule has 0 bridgehead atoms. The van der Waals surface area contributed by atoms with Crippen LogP contribution < -0.4 is 19.1 Å². The van der Waals surface area contributed by atoms with Crippen LogP contribution in [0, 0.1) is 0 Å². The SMILES string of the molecule is COc1ccc(OC)c([C@H](C)NC(=O)[C@@H](C)N(c2cc(Cl)cc(Cl)c2)S(C)(=O)=O)c1. The Labute approximate surface area is 186 Å². The van der Waals surface area contributed by atoms with Gasteiger partial charge in [0.05, 0.1) is 32.2 Å². The molecular formula is C20H24Cl2N2O5S. The highest BCUT2D eigenvalue weighted by Crippen LogP contribution is 2.31. The lowest BCUT2D eigenvalue weighted by Crippen LogP contribution is -2.48. The number of hydrogen-bond acceptors (Lipinski definition) is 5. The van der Waals surface area contributed by atoms with E-state index >= 15 is 0 Å². The molecule has 1 amide bonds. The molecule has 0 aliphatic heterocycles. The molecule has 0 fully saturated rings. The second kappa shape index (κ2) is 9.76. The summed E-state index contributed by atoms with van der Waals surface area (Å²) >= 11 is 12.0. The predicted molar refractivity (Wildman–Crippen MR) is 119 cm³/mol. The number of halogens is 2. The maximum Gasteiger partial charge on any atom is 0.244 e. The minimum absolute atomic E-state index is 0.198. The summed E-state index contributed by atoms with van der Waals surface area (Å²) in [4.78, 5) is 13.0. The molecule has 0 aliphatic carbocycles. The predicted octanol–water partition coefficient (Wildman–Crippen LogP) is 4.04. The van der Waals surface area contributed by atoms with E-state index in [0.717, 1.165) is 10.6 Å². The minimum atomic E-state index is -3.81. The molecule has 0 heterocycles. The van der Waals surface area contributed by atoms with Gasteiger partial charge in [0.15, 0.2) is 0 Å². The highest BCUT2D eigenvalue weighted by atomic mass is 35.5. The van der Waals surface area contributed by atoms with Crippen molar-refractivity contribution in [3.05, 3.63) is 52.0 Å². The summed E-state index contributed by atoms with van der Waals surface area (Å²) in [7, 11) is -0.746. The van der Waals surface area contributed by atoms with E-state index in [0.29, 0.717) is 17.1 Å². The van der Waals surface area contributed by atoms with E-state index in [4.69, 9.17) is 32.7 Å². The van der Waals surface area contributed by atoms with Crippen molar-refractivity contribution in [2.75, 3.05) is 24.8 Å². The third-order valence-corrected chi connectivity index (χ3v) is 6.13. The Morgan fingerprint density at radius 1 is 1.03 bits per heavy atom. The number of methoxy groups -OCH3 is 2. The number of amides is 1. The molecule has 2 atom stereocenters. The molecule has 0 saturated heterocycles. The smallest absolute Gasteiger partial charge is 0.244 e. The summed E-state index contributed by atoms with van der Waals surface area (Å²) in [5.41, 5.74) is 0.887. The van der Waals surface area contributed by atoms with Crippen molar-refractivity contribution in [3.63, 3.8) is 0 Å². The highest BCUT2D eigenvalue weighted by Gasteiger charge is 2.30. The van der Waals surface area contributed by atoms with E-state index in [1.165, 1.54) is 39.3 Å². The lowest BCUT2D eigenvalue weighted by Gasteiger charge is -2.29. The largest absolute Gasteiger partial charge is 0.497 e. The van der Waals surface area contributed by atoms with Gasteiger partial charge < -0.3 is 14.8 Å². The van der Waals surface area contributed by atoms with Crippen molar-refractivity contribution in [2.24, 2.45) is 0 Å². The molecule has 7 nitrogen and oxygen atoms in total. The number of rotatable bonds is 8. The maximum absolute atomic E-state index is 13.0. The first kappa shape index (κ1) is 24.1. The van der Waals surface area contributed by atoms with Crippen molar-refractivity contribution >= 4 is 44.8 Å². The molecule has 30 heavy (non-hydrogen) atoms. The first-order valence-corrected chi connectivity index (χ1v) is 11.6. The molecule has 0 spiro atoms. The fraction of sp³-hybridized carbons (Fsp3) is 0.350. The summed E-state index contributed by atoms with van der Waals surface area (Å²) in [6.07, 6.45) is 1.01. The fourth-order valence-electron chi connectivity index (χ4n) is 3.06. The van der Waals surface area contributed by atoms with Crippen LogP contribution in [0.15, 0.2) is 36.4 Å². The molecule has 1 N–H and O–H groups in total. The van der Waals surface area contributed by atoms with E-state index in [1.54, 1.807) is 25.1 Å². The van der Waals surface area contributed by atoms with Crippen LogP contribution in [0.3, 0.4) is 0 Å². The van der Waals surface area contributed by atoms with Crippen LogP contribution in [0.1, 0.15) is 25.5 Å². The number of carbonyl (C=O) groups is 1. The zero-order chi connectivity index (χ0) is 22.6. The van der Waals surface area contributed by atoms with Gasteiger partial charge in [0.2, 0.25) is 15.9 Å². The number of hydrogen-bond donors (Lipinski definition) is 1. The second-order valence-electron chi connectivity index (χ2n) is 6.70. The Balaban J connectivity index is 2.34. The van der Waals surface area contributed by atoms with Crippen molar-refractivity contribution in [1.82, 2.24) is 5.32 Å². The molecule has 0 aromatic heterocycles. The molecule has 164 valence electrons. The summed E-state index contributed by atoms with van der Waals surface area (Å²) < 4.78 is 36.5. The summed E-state index contributed by atoms with van der Waals surface area (Å²) in [6.45, 7) is 3.25. The Hall–Kier alpha value is -2.16. The standard InChI is InChI=1S/C20H24Cl2N2O5S/c1-12(18-11-17(28-3)6-7-19(18)29-4)23-20(25)13(2)24(30(5,26)27)16-9-14(21)8-15(22)10-16/h6-13H,1-5H3,(H,23,25)/t12-,13+/m0/s1. The Bertz CT molecular complexity index is 1010. The van der Waals surface area contributed by atoms with Crippen LogP contribution in [0.25, 0.3) is 0 Å². The van der Waals surface area contributed by atoms with E-state index in [-0.39, 0.29) is 15.7 Å². The Morgan fingerprint density at radius 2 is 1.63 bits per heavy atom. The van der Waals surface area contributed by atoms with Crippen molar-refractivity contribution < 1.29 is 22.7 Å². The second-order valence-corrected chi connectivity index (χ2v) is 9.43. The van der Waals surface area contributed by atoms with E-state index in [9.17, 15) is 13.2 Å². The van der Waals surface area contributed by atoms with Crippen molar-refractivity contribution in [3.8, 4) is 11.5 Å². The van der Waals surface area contributed by atoms with Crippen LogP contribution in [0.2, 0.25) is 10.0 Å². The lowest BCUT2D eigenvalue weighted by atomic mass is 10.1. The summed E-state index contributed by atoms with van der Waals surface area (Å²) in [5, 5.41) is 3.34. The van der Waals surface area contributed by atoms with Gasteiger partial charge in [0.1, 0.15) is 17.5 Å². The fourth-order valence-corrected chi connectivity index (χ4v) is 4.74. The first-order valence-electron chi connectivity index (χ1n) is 8.95.